The molecule has 0 fully saturated rings. The Morgan fingerprint density at radius 2 is 1.97 bits per heavy atom. The number of rotatable bonds is 6. The number of aromatic nitrogens is 1. The molecule has 2 aromatic rings. The molecule has 1 aromatic carbocycles. The average Bonchev–Trinajstić information content (AvgIpc) is 2.68. The van der Waals surface area contributed by atoms with E-state index in [-0.39, 0.29) is 17.6 Å². The Balaban J connectivity index is 1.89. The Labute approximate surface area is 187 Å². The van der Waals surface area contributed by atoms with Gasteiger partial charge in [-0.15, -0.1) is 0 Å². The van der Waals surface area contributed by atoms with Gasteiger partial charge in [0.05, 0.1) is 18.7 Å². The molecule has 1 N–H and O–H groups in total. The molecule has 0 saturated carbocycles. The van der Waals surface area contributed by atoms with E-state index in [1.165, 1.54) is 6.20 Å². The molecule has 0 atom stereocenters. The lowest BCUT2D eigenvalue weighted by Crippen LogP contribution is -2.36. The molecule has 0 unspecified atom stereocenters. The van der Waals surface area contributed by atoms with E-state index >= 15 is 0 Å². The summed E-state index contributed by atoms with van der Waals surface area (Å²) in [5, 5.41) is 3.21. The van der Waals surface area contributed by atoms with Crippen molar-refractivity contribution in [2.45, 2.75) is 72.3 Å². The summed E-state index contributed by atoms with van der Waals surface area (Å²) in [6.07, 6.45) is 2.40. The van der Waals surface area contributed by atoms with Crippen LogP contribution in [0.1, 0.15) is 69.4 Å². The van der Waals surface area contributed by atoms with Gasteiger partial charge < -0.3 is 24.1 Å². The lowest BCUT2D eigenvalue weighted by atomic mass is 9.98. The van der Waals surface area contributed by atoms with Gasteiger partial charge in [-0.25, -0.2) is 9.59 Å². The summed E-state index contributed by atoms with van der Waals surface area (Å²) in [7, 11) is 0. The SMILES string of the molecule is CCOC(=O)c1cn2c3c(cc(CCCNC(=O)OC(C)(C)C)cc3c1=O)COC2(C)C. The molecule has 1 amide bonds. The van der Waals surface area contributed by atoms with Gasteiger partial charge >= 0.3 is 12.1 Å². The Morgan fingerprint density at radius 1 is 1.25 bits per heavy atom. The van der Waals surface area contributed by atoms with Crippen LogP contribution in [0.15, 0.2) is 23.1 Å². The molecule has 0 saturated heterocycles. The van der Waals surface area contributed by atoms with Crippen LogP contribution in [-0.4, -0.2) is 35.4 Å². The van der Waals surface area contributed by atoms with Crippen molar-refractivity contribution in [2.75, 3.05) is 13.2 Å². The molecule has 8 heteroatoms. The third kappa shape index (κ3) is 5.12. The van der Waals surface area contributed by atoms with E-state index in [0.717, 1.165) is 16.6 Å². The fourth-order valence-corrected chi connectivity index (χ4v) is 3.77. The molecule has 3 rings (SSSR count). The van der Waals surface area contributed by atoms with Crippen LogP contribution in [0.5, 0.6) is 0 Å². The Hall–Kier alpha value is -2.87. The standard InChI is InChI=1S/C24H32N2O6/c1-7-30-21(28)18-13-26-19-16(14-31-24(26,5)6)11-15(12-17(19)20(18)27)9-8-10-25-22(29)32-23(2,3)4/h11-13H,7-10,14H2,1-6H3,(H,25,29). The number of alkyl carbamates (subject to hydrolysis) is 1. The fourth-order valence-electron chi connectivity index (χ4n) is 3.77. The summed E-state index contributed by atoms with van der Waals surface area (Å²) in [6.45, 7) is 11.9. The zero-order chi connectivity index (χ0) is 23.7. The van der Waals surface area contributed by atoms with Crippen LogP contribution >= 0.6 is 0 Å². The molecule has 8 nitrogen and oxygen atoms in total. The number of carbonyl (C=O) groups excluding carboxylic acids is 2. The molecule has 0 spiro atoms. The molecule has 2 heterocycles. The minimum atomic E-state index is -0.709. The quantitative estimate of drug-likeness (QED) is 0.537. The summed E-state index contributed by atoms with van der Waals surface area (Å²) in [5.74, 6) is -0.641. The van der Waals surface area contributed by atoms with Crippen LogP contribution in [0.4, 0.5) is 4.79 Å². The van der Waals surface area contributed by atoms with Crippen LogP contribution in [-0.2, 0) is 33.0 Å². The number of esters is 1. The van der Waals surface area contributed by atoms with Crippen molar-refractivity contribution in [3.8, 4) is 0 Å². The Kier molecular flexibility index (Phi) is 6.64. The van der Waals surface area contributed by atoms with Crippen molar-refractivity contribution in [1.29, 1.82) is 0 Å². The summed E-state index contributed by atoms with van der Waals surface area (Å²) >= 11 is 0. The predicted octanol–water partition coefficient (Wildman–Crippen LogP) is 3.86. The van der Waals surface area contributed by atoms with E-state index < -0.39 is 23.4 Å². The fraction of sp³-hybridized carbons (Fsp3) is 0.542. The molecule has 0 radical (unpaired) electrons. The smallest absolute Gasteiger partial charge is 0.407 e. The third-order valence-electron chi connectivity index (χ3n) is 5.20. The van der Waals surface area contributed by atoms with Gasteiger partial charge in [0, 0.05) is 23.7 Å². The number of carbonyl (C=O) groups is 2. The second kappa shape index (κ2) is 8.94. The summed E-state index contributed by atoms with van der Waals surface area (Å²) < 4.78 is 18.2. The van der Waals surface area contributed by atoms with Crippen molar-refractivity contribution in [3.63, 3.8) is 0 Å². The molecule has 0 aliphatic carbocycles. The van der Waals surface area contributed by atoms with Gasteiger partial charge in [-0.1, -0.05) is 6.07 Å². The topological polar surface area (TPSA) is 95.9 Å². The lowest BCUT2D eigenvalue weighted by Gasteiger charge is -2.35. The highest BCUT2D eigenvalue weighted by atomic mass is 16.6. The summed E-state index contributed by atoms with van der Waals surface area (Å²) in [5.41, 5.74) is 0.995. The van der Waals surface area contributed by atoms with Crippen LogP contribution in [0.25, 0.3) is 10.9 Å². The van der Waals surface area contributed by atoms with Gasteiger partial charge in [-0.05, 0) is 66.0 Å². The van der Waals surface area contributed by atoms with E-state index in [0.29, 0.717) is 31.4 Å². The molecule has 174 valence electrons. The van der Waals surface area contributed by atoms with Crippen molar-refractivity contribution >= 4 is 23.0 Å². The molecule has 1 aliphatic heterocycles. The maximum Gasteiger partial charge on any atom is 0.407 e. The van der Waals surface area contributed by atoms with Gasteiger partial charge in [0.1, 0.15) is 16.9 Å². The zero-order valence-electron chi connectivity index (χ0n) is 19.7. The molecule has 1 aliphatic rings. The predicted molar refractivity (Wildman–Crippen MR) is 121 cm³/mol. The van der Waals surface area contributed by atoms with E-state index in [1.54, 1.807) is 6.92 Å². The number of nitrogens with one attached hydrogen (secondary N) is 1. The summed E-state index contributed by atoms with van der Waals surface area (Å²) in [4.78, 5) is 37.4. The monoisotopic (exact) mass is 444 g/mol. The number of benzene rings is 1. The number of hydrogen-bond donors (Lipinski definition) is 1. The van der Waals surface area contributed by atoms with Crippen molar-refractivity contribution in [3.05, 3.63) is 45.2 Å². The first-order valence-corrected chi connectivity index (χ1v) is 10.9. The minimum absolute atomic E-state index is 0.00684. The first-order valence-electron chi connectivity index (χ1n) is 10.9. The normalized spacial score (nSPS) is 14.8. The zero-order valence-corrected chi connectivity index (χ0v) is 19.7. The largest absolute Gasteiger partial charge is 0.462 e. The number of pyridine rings is 1. The average molecular weight is 445 g/mol. The van der Waals surface area contributed by atoms with Gasteiger partial charge in [0.15, 0.2) is 0 Å². The second-order valence-corrected chi connectivity index (χ2v) is 9.38. The van der Waals surface area contributed by atoms with E-state index in [2.05, 4.69) is 5.32 Å². The number of hydrogen-bond acceptors (Lipinski definition) is 6. The number of nitrogens with zero attached hydrogens (tertiary/aromatic N) is 1. The Morgan fingerprint density at radius 3 is 2.62 bits per heavy atom. The lowest BCUT2D eigenvalue weighted by molar-refractivity contribution is -0.0937. The molecule has 0 bridgehead atoms. The highest BCUT2D eigenvalue weighted by Crippen LogP contribution is 2.33. The van der Waals surface area contributed by atoms with Gasteiger partial charge in [-0.2, -0.15) is 0 Å². The minimum Gasteiger partial charge on any atom is -0.462 e. The maximum absolute atomic E-state index is 13.2. The number of ether oxygens (including phenoxy) is 3. The summed E-state index contributed by atoms with van der Waals surface area (Å²) in [6, 6.07) is 3.85. The van der Waals surface area contributed by atoms with Crippen molar-refractivity contribution < 1.29 is 23.8 Å². The highest BCUT2D eigenvalue weighted by molar-refractivity contribution is 5.95. The van der Waals surface area contributed by atoms with Gasteiger partial charge in [0.25, 0.3) is 0 Å². The number of aryl methyl sites for hydroxylation is 1. The highest BCUT2D eigenvalue weighted by Gasteiger charge is 2.31. The molecule has 1 aromatic heterocycles. The van der Waals surface area contributed by atoms with Crippen LogP contribution in [0.3, 0.4) is 0 Å². The molecule has 32 heavy (non-hydrogen) atoms. The van der Waals surface area contributed by atoms with Crippen molar-refractivity contribution in [2.24, 2.45) is 0 Å². The van der Waals surface area contributed by atoms with Gasteiger partial charge in [0.2, 0.25) is 5.43 Å². The molecular weight excluding hydrogens is 412 g/mol. The van der Waals surface area contributed by atoms with E-state index in [1.807, 2.05) is 51.3 Å². The number of amides is 1. The van der Waals surface area contributed by atoms with E-state index in [4.69, 9.17) is 14.2 Å². The van der Waals surface area contributed by atoms with E-state index in [9.17, 15) is 14.4 Å². The molecular formula is C24H32N2O6. The van der Waals surface area contributed by atoms with Crippen LogP contribution in [0, 0.1) is 0 Å². The van der Waals surface area contributed by atoms with Crippen LogP contribution in [0.2, 0.25) is 0 Å². The first-order chi connectivity index (χ1) is 14.9. The van der Waals surface area contributed by atoms with Crippen LogP contribution < -0.4 is 10.7 Å². The maximum atomic E-state index is 13.2. The van der Waals surface area contributed by atoms with Gasteiger partial charge in [-0.3, -0.25) is 4.79 Å². The second-order valence-electron chi connectivity index (χ2n) is 9.38. The third-order valence-corrected chi connectivity index (χ3v) is 5.20. The van der Waals surface area contributed by atoms with Crippen molar-refractivity contribution in [1.82, 2.24) is 9.88 Å². The first kappa shape index (κ1) is 23.8. The Bertz CT molecular complexity index is 1090.